The molecule has 0 aliphatic rings. The van der Waals surface area contributed by atoms with Gasteiger partial charge in [-0.25, -0.2) is 0 Å². The van der Waals surface area contributed by atoms with Crippen molar-refractivity contribution in [2.24, 2.45) is 0 Å². The minimum absolute atomic E-state index is 0.0453. The first-order valence-corrected chi connectivity index (χ1v) is 8.54. The molecular formula is C19H22N4O3. The number of amides is 1. The summed E-state index contributed by atoms with van der Waals surface area (Å²) in [5, 5.41) is 6.80. The lowest BCUT2D eigenvalue weighted by molar-refractivity contribution is -0.121. The highest BCUT2D eigenvalue weighted by Crippen LogP contribution is 2.16. The van der Waals surface area contributed by atoms with Crippen molar-refractivity contribution in [1.29, 1.82) is 0 Å². The van der Waals surface area contributed by atoms with Gasteiger partial charge in [0.25, 0.3) is 0 Å². The van der Waals surface area contributed by atoms with Gasteiger partial charge in [0, 0.05) is 38.2 Å². The zero-order valence-corrected chi connectivity index (χ0v) is 14.9. The summed E-state index contributed by atoms with van der Waals surface area (Å²) in [5.41, 5.74) is 1.12. The third-order valence-electron chi connectivity index (χ3n) is 4.19. The summed E-state index contributed by atoms with van der Waals surface area (Å²) < 4.78 is 10.4. The summed E-state index contributed by atoms with van der Waals surface area (Å²) in [7, 11) is 2.01. The normalized spacial score (nSPS) is 11.9. The van der Waals surface area contributed by atoms with Crippen LogP contribution in [-0.4, -0.2) is 35.7 Å². The highest BCUT2D eigenvalue weighted by Gasteiger charge is 2.14. The molecule has 1 aromatic carbocycles. The molecule has 2 heterocycles. The topological polar surface area (TPSA) is 84.4 Å². The first-order valence-electron chi connectivity index (χ1n) is 8.54. The van der Waals surface area contributed by atoms with E-state index in [1.165, 1.54) is 0 Å². The number of para-hydroxylation sites is 1. The van der Waals surface area contributed by atoms with Gasteiger partial charge in [0.15, 0.2) is 5.76 Å². The van der Waals surface area contributed by atoms with Gasteiger partial charge in [0.1, 0.15) is 0 Å². The third-order valence-corrected chi connectivity index (χ3v) is 4.19. The number of anilines is 1. The SMILES string of the molecule is CC(CNC(=O)CCc1nc(-c2ccco2)no1)N(C)c1ccccc1. The van der Waals surface area contributed by atoms with E-state index < -0.39 is 0 Å². The first-order chi connectivity index (χ1) is 12.6. The number of nitrogens with zero attached hydrogens (tertiary/aromatic N) is 3. The van der Waals surface area contributed by atoms with Gasteiger partial charge >= 0.3 is 0 Å². The van der Waals surface area contributed by atoms with Crippen molar-refractivity contribution >= 4 is 11.6 Å². The summed E-state index contributed by atoms with van der Waals surface area (Å²) in [4.78, 5) is 18.4. The molecule has 0 saturated heterocycles. The van der Waals surface area contributed by atoms with Crippen LogP contribution in [0.1, 0.15) is 19.2 Å². The Hall–Kier alpha value is -3.09. The number of hydrogen-bond acceptors (Lipinski definition) is 6. The maximum atomic E-state index is 12.1. The van der Waals surface area contributed by atoms with E-state index in [1.807, 2.05) is 37.4 Å². The van der Waals surface area contributed by atoms with Crippen LogP contribution in [0.15, 0.2) is 57.7 Å². The maximum Gasteiger partial charge on any atom is 0.238 e. The van der Waals surface area contributed by atoms with Gasteiger partial charge in [-0.15, -0.1) is 0 Å². The van der Waals surface area contributed by atoms with Gasteiger partial charge < -0.3 is 19.2 Å². The minimum Gasteiger partial charge on any atom is -0.461 e. The predicted octanol–water partition coefficient (Wildman–Crippen LogP) is 2.90. The summed E-state index contributed by atoms with van der Waals surface area (Å²) in [6, 6.07) is 13.8. The van der Waals surface area contributed by atoms with Crippen molar-refractivity contribution in [2.45, 2.75) is 25.8 Å². The van der Waals surface area contributed by atoms with Crippen molar-refractivity contribution in [3.05, 3.63) is 54.6 Å². The predicted molar refractivity (Wildman–Crippen MR) is 97.6 cm³/mol. The Labute approximate surface area is 152 Å². The molecule has 7 nitrogen and oxygen atoms in total. The van der Waals surface area contributed by atoms with Crippen LogP contribution in [0.4, 0.5) is 5.69 Å². The summed E-state index contributed by atoms with van der Waals surface area (Å²) >= 11 is 0. The lowest BCUT2D eigenvalue weighted by Gasteiger charge is -2.27. The van der Waals surface area contributed by atoms with E-state index >= 15 is 0 Å². The van der Waals surface area contributed by atoms with Gasteiger partial charge in [-0.1, -0.05) is 23.4 Å². The average molecular weight is 354 g/mol. The second-order valence-corrected chi connectivity index (χ2v) is 6.09. The van der Waals surface area contributed by atoms with E-state index in [2.05, 4.69) is 27.3 Å². The van der Waals surface area contributed by atoms with Crippen LogP contribution in [0.25, 0.3) is 11.6 Å². The van der Waals surface area contributed by atoms with Crippen molar-refractivity contribution in [3.63, 3.8) is 0 Å². The molecule has 1 unspecified atom stereocenters. The molecular weight excluding hydrogens is 332 g/mol. The molecule has 0 fully saturated rings. The lowest BCUT2D eigenvalue weighted by atomic mass is 10.2. The molecule has 0 radical (unpaired) electrons. The van der Waals surface area contributed by atoms with Crippen LogP contribution < -0.4 is 10.2 Å². The van der Waals surface area contributed by atoms with Crippen LogP contribution in [0.3, 0.4) is 0 Å². The monoisotopic (exact) mass is 354 g/mol. The van der Waals surface area contributed by atoms with Crippen LogP contribution >= 0.6 is 0 Å². The van der Waals surface area contributed by atoms with Crippen molar-refractivity contribution in [2.75, 3.05) is 18.5 Å². The van der Waals surface area contributed by atoms with Crippen LogP contribution in [0, 0.1) is 0 Å². The van der Waals surface area contributed by atoms with Crippen LogP contribution in [0.2, 0.25) is 0 Å². The average Bonchev–Trinajstić information content (AvgIpc) is 3.36. The second kappa shape index (κ2) is 8.33. The fourth-order valence-corrected chi connectivity index (χ4v) is 2.49. The molecule has 2 aromatic heterocycles. The Morgan fingerprint density at radius 1 is 1.23 bits per heavy atom. The molecule has 136 valence electrons. The zero-order chi connectivity index (χ0) is 18.4. The van der Waals surface area contributed by atoms with Crippen LogP contribution in [-0.2, 0) is 11.2 Å². The van der Waals surface area contributed by atoms with Crippen LogP contribution in [0.5, 0.6) is 0 Å². The Bertz CT molecular complexity index is 814. The van der Waals surface area contributed by atoms with E-state index in [0.29, 0.717) is 36.9 Å². The number of aromatic nitrogens is 2. The molecule has 0 aliphatic carbocycles. The minimum atomic E-state index is -0.0453. The number of aryl methyl sites for hydroxylation is 1. The largest absolute Gasteiger partial charge is 0.461 e. The quantitative estimate of drug-likeness (QED) is 0.669. The van der Waals surface area contributed by atoms with E-state index in [1.54, 1.807) is 18.4 Å². The number of carbonyl (C=O) groups is 1. The second-order valence-electron chi connectivity index (χ2n) is 6.09. The summed E-state index contributed by atoms with van der Waals surface area (Å²) in [6.07, 6.45) is 2.23. The number of rotatable bonds is 8. The number of benzene rings is 1. The molecule has 26 heavy (non-hydrogen) atoms. The summed E-state index contributed by atoms with van der Waals surface area (Å²) in [5.74, 6) is 1.31. The Kier molecular flexibility index (Phi) is 5.68. The first kappa shape index (κ1) is 17.7. The lowest BCUT2D eigenvalue weighted by Crippen LogP contribution is -2.40. The van der Waals surface area contributed by atoms with E-state index in [9.17, 15) is 4.79 Å². The molecule has 3 rings (SSSR count). The molecule has 1 atom stereocenters. The molecule has 0 bridgehead atoms. The van der Waals surface area contributed by atoms with Crippen molar-refractivity contribution in [1.82, 2.24) is 15.5 Å². The van der Waals surface area contributed by atoms with Gasteiger partial charge in [-0.3, -0.25) is 4.79 Å². The van der Waals surface area contributed by atoms with E-state index in [0.717, 1.165) is 5.69 Å². The number of furan rings is 1. The highest BCUT2D eigenvalue weighted by molar-refractivity contribution is 5.76. The van der Waals surface area contributed by atoms with Crippen molar-refractivity contribution in [3.8, 4) is 11.6 Å². The van der Waals surface area contributed by atoms with Gasteiger partial charge in [-0.05, 0) is 31.2 Å². The fourth-order valence-electron chi connectivity index (χ4n) is 2.49. The highest BCUT2D eigenvalue weighted by atomic mass is 16.5. The number of hydrogen-bond donors (Lipinski definition) is 1. The van der Waals surface area contributed by atoms with E-state index in [4.69, 9.17) is 8.94 Å². The van der Waals surface area contributed by atoms with Gasteiger partial charge in [0.2, 0.25) is 17.6 Å². The van der Waals surface area contributed by atoms with E-state index in [-0.39, 0.29) is 11.9 Å². The summed E-state index contributed by atoms with van der Waals surface area (Å²) in [6.45, 7) is 2.63. The van der Waals surface area contributed by atoms with Crippen molar-refractivity contribution < 1.29 is 13.7 Å². The molecule has 7 heteroatoms. The number of carbonyl (C=O) groups excluding carboxylic acids is 1. The Morgan fingerprint density at radius 2 is 2.04 bits per heavy atom. The third kappa shape index (κ3) is 4.50. The molecule has 1 amide bonds. The van der Waals surface area contributed by atoms with Gasteiger partial charge in [0.05, 0.1) is 6.26 Å². The fraction of sp³-hybridized carbons (Fsp3) is 0.316. The molecule has 1 N–H and O–H groups in total. The zero-order valence-electron chi connectivity index (χ0n) is 14.9. The standard InChI is InChI=1S/C19H22N4O3/c1-14(23(2)15-7-4-3-5-8-15)13-20-17(24)10-11-18-21-19(22-26-18)16-9-6-12-25-16/h3-9,12,14H,10-11,13H2,1-2H3,(H,20,24). The van der Waals surface area contributed by atoms with Gasteiger partial charge in [-0.2, -0.15) is 4.98 Å². The Morgan fingerprint density at radius 3 is 2.77 bits per heavy atom. The molecule has 0 aliphatic heterocycles. The number of likely N-dealkylation sites (N-methyl/N-ethyl adjacent to an activating group) is 1. The molecule has 3 aromatic rings. The molecule has 0 saturated carbocycles. The maximum absolute atomic E-state index is 12.1. The number of nitrogens with one attached hydrogen (secondary N) is 1. The Balaban J connectivity index is 1.43. The molecule has 0 spiro atoms. The smallest absolute Gasteiger partial charge is 0.238 e.